The van der Waals surface area contributed by atoms with Crippen molar-refractivity contribution >= 4 is 34.0 Å². The third kappa shape index (κ3) is 4.31. The molecule has 2 rings (SSSR count). The fourth-order valence-electron chi connectivity index (χ4n) is 3.93. The molecule has 0 amide bonds. The molecule has 0 aromatic heterocycles. The normalized spacial score (nSPS) is 21.0. The lowest BCUT2D eigenvalue weighted by Crippen LogP contribution is -2.40. The predicted octanol–water partition coefficient (Wildman–Crippen LogP) is 5.22. The summed E-state index contributed by atoms with van der Waals surface area (Å²) in [6.07, 6.45) is 3.49. The molecule has 1 aromatic carbocycles. The minimum Gasteiger partial charge on any atom is -0.382 e. The van der Waals surface area contributed by atoms with Crippen molar-refractivity contribution in [3.63, 3.8) is 0 Å². The van der Waals surface area contributed by atoms with Crippen LogP contribution in [0.1, 0.15) is 47.0 Å². The van der Waals surface area contributed by atoms with Crippen LogP contribution in [0.5, 0.6) is 0 Å². The maximum absolute atomic E-state index is 10.9. The predicted molar refractivity (Wildman–Crippen MR) is 94.6 cm³/mol. The van der Waals surface area contributed by atoms with Gasteiger partial charge in [0.1, 0.15) is 0 Å². The van der Waals surface area contributed by atoms with E-state index in [1.165, 1.54) is 6.42 Å². The van der Waals surface area contributed by atoms with Gasteiger partial charge in [0.15, 0.2) is 0 Å². The molecule has 1 N–H and O–H groups in total. The average molecular weight is 402 g/mol. The van der Waals surface area contributed by atoms with Gasteiger partial charge in [-0.1, -0.05) is 27.7 Å². The van der Waals surface area contributed by atoms with Gasteiger partial charge in [0.05, 0.1) is 8.49 Å². The summed E-state index contributed by atoms with van der Waals surface area (Å²) in [6, 6.07) is 5.69. The Morgan fingerprint density at radius 1 is 1.24 bits per heavy atom. The Labute approximate surface area is 140 Å². The lowest BCUT2D eigenvalue weighted by molar-refractivity contribution is -0.385. The van der Waals surface area contributed by atoms with Crippen molar-refractivity contribution in [2.45, 2.75) is 53.0 Å². The first-order chi connectivity index (χ1) is 9.58. The fourth-order valence-corrected chi connectivity index (χ4v) is 4.64. The highest BCUT2D eigenvalue weighted by Gasteiger charge is 2.38. The van der Waals surface area contributed by atoms with Crippen LogP contribution in [0, 0.1) is 24.5 Å². The van der Waals surface area contributed by atoms with Crippen LogP contribution in [0.25, 0.3) is 0 Å². The number of nitrogens with one attached hydrogen (secondary N) is 1. The van der Waals surface area contributed by atoms with Crippen LogP contribution in [0.15, 0.2) is 18.2 Å². The molecule has 21 heavy (non-hydrogen) atoms. The van der Waals surface area contributed by atoms with Crippen molar-refractivity contribution in [2.75, 3.05) is 5.32 Å². The van der Waals surface area contributed by atoms with Crippen molar-refractivity contribution < 1.29 is 4.92 Å². The number of nitro groups is 1. The maximum atomic E-state index is 10.9. The monoisotopic (exact) mass is 402 g/mol. The van der Waals surface area contributed by atoms with Crippen molar-refractivity contribution in [1.82, 2.24) is 0 Å². The second-order valence-electron chi connectivity index (χ2n) is 7.68. The zero-order valence-electron chi connectivity index (χ0n) is 13.1. The lowest BCUT2D eigenvalue weighted by Gasteiger charge is -2.45. The quantitative estimate of drug-likeness (QED) is 0.429. The summed E-state index contributed by atoms with van der Waals surface area (Å²) in [6.45, 7) is 9.29. The van der Waals surface area contributed by atoms with Gasteiger partial charge in [-0.25, -0.2) is 0 Å². The summed E-state index contributed by atoms with van der Waals surface area (Å²) in [7, 11) is 0. The first-order valence-electron chi connectivity index (χ1n) is 7.29. The second-order valence-corrected chi connectivity index (χ2v) is 8.84. The molecule has 1 fully saturated rings. The zero-order valence-corrected chi connectivity index (χ0v) is 15.2. The summed E-state index contributed by atoms with van der Waals surface area (Å²) in [5, 5.41) is 14.4. The molecule has 0 unspecified atom stereocenters. The third-order valence-corrected chi connectivity index (χ3v) is 4.93. The fraction of sp³-hybridized carbons (Fsp3) is 0.625. The van der Waals surface area contributed by atoms with Gasteiger partial charge in [0, 0.05) is 17.8 Å². The Balaban J connectivity index is 2.14. The van der Waals surface area contributed by atoms with E-state index in [1.54, 1.807) is 6.07 Å². The number of nitrogens with zero attached hydrogens (tertiary/aromatic N) is 1. The highest BCUT2D eigenvalue weighted by atomic mass is 127. The third-order valence-electron chi connectivity index (χ3n) is 4.07. The molecule has 1 aromatic rings. The molecule has 0 aliphatic heterocycles. The Morgan fingerprint density at radius 3 is 2.29 bits per heavy atom. The highest BCUT2D eigenvalue weighted by Crippen LogP contribution is 2.46. The molecule has 0 spiro atoms. The van der Waals surface area contributed by atoms with Gasteiger partial charge in [-0.3, -0.25) is 10.1 Å². The summed E-state index contributed by atoms with van der Waals surface area (Å²) < 4.78 is 0.678. The maximum Gasteiger partial charge on any atom is 0.282 e. The molecule has 1 saturated carbocycles. The van der Waals surface area contributed by atoms with Gasteiger partial charge in [0.2, 0.25) is 0 Å². The Hall–Kier alpha value is -0.850. The van der Waals surface area contributed by atoms with E-state index in [4.69, 9.17) is 0 Å². The number of benzene rings is 1. The van der Waals surface area contributed by atoms with Crippen LogP contribution in [0.2, 0.25) is 0 Å². The molecule has 0 atom stereocenters. The van der Waals surface area contributed by atoms with Crippen molar-refractivity contribution in [3.05, 3.63) is 31.9 Å². The number of anilines is 1. The molecule has 4 nitrogen and oxygen atoms in total. The molecular weight excluding hydrogens is 379 g/mol. The molecule has 0 heterocycles. The van der Waals surface area contributed by atoms with E-state index >= 15 is 0 Å². The van der Waals surface area contributed by atoms with Gasteiger partial charge in [0.25, 0.3) is 5.69 Å². The van der Waals surface area contributed by atoms with E-state index < -0.39 is 0 Å². The van der Waals surface area contributed by atoms with Crippen LogP contribution in [0.4, 0.5) is 11.4 Å². The summed E-state index contributed by atoms with van der Waals surface area (Å²) >= 11 is 2.03. The number of halogens is 1. The van der Waals surface area contributed by atoms with Crippen LogP contribution in [-0.4, -0.2) is 11.0 Å². The topological polar surface area (TPSA) is 55.2 Å². The summed E-state index contributed by atoms with van der Waals surface area (Å²) in [4.78, 5) is 10.5. The summed E-state index contributed by atoms with van der Waals surface area (Å²) in [5.74, 6) is 0. The number of rotatable bonds is 3. The molecular formula is C16H23IN2O2. The molecule has 0 radical (unpaired) electrons. The molecule has 0 saturated heterocycles. The van der Waals surface area contributed by atoms with Crippen molar-refractivity contribution in [1.29, 1.82) is 0 Å². The zero-order chi connectivity index (χ0) is 15.8. The van der Waals surface area contributed by atoms with Gasteiger partial charge < -0.3 is 5.32 Å². The molecule has 5 heteroatoms. The Morgan fingerprint density at radius 2 is 1.81 bits per heavy atom. The minimum absolute atomic E-state index is 0.172. The van der Waals surface area contributed by atoms with Crippen molar-refractivity contribution in [2.24, 2.45) is 10.8 Å². The molecule has 0 bridgehead atoms. The second kappa shape index (κ2) is 5.74. The largest absolute Gasteiger partial charge is 0.382 e. The number of hydrogen-bond donors (Lipinski definition) is 1. The Kier molecular flexibility index (Phi) is 4.52. The number of nitro benzene ring substituents is 1. The first-order valence-corrected chi connectivity index (χ1v) is 8.36. The molecule has 1 aliphatic carbocycles. The van der Waals surface area contributed by atoms with Crippen molar-refractivity contribution in [3.8, 4) is 0 Å². The van der Waals surface area contributed by atoms with Gasteiger partial charge >= 0.3 is 0 Å². The lowest BCUT2D eigenvalue weighted by atomic mass is 9.63. The average Bonchev–Trinajstić information content (AvgIpc) is 2.23. The number of hydrogen-bond acceptors (Lipinski definition) is 3. The van der Waals surface area contributed by atoms with Crippen LogP contribution in [-0.2, 0) is 0 Å². The standard InChI is InChI=1S/C16H23IN2O2/c1-15(2)8-12(9-16(3,4)10-15)18-11-5-6-14(19(20)21)13(17)7-11/h5-7,12,18H,8-10H2,1-4H3. The van der Waals surface area contributed by atoms with E-state index in [9.17, 15) is 10.1 Å². The van der Waals surface area contributed by atoms with Crippen LogP contribution in [0.3, 0.4) is 0 Å². The van der Waals surface area contributed by atoms with E-state index in [-0.39, 0.29) is 10.6 Å². The summed E-state index contributed by atoms with van der Waals surface area (Å²) in [5.41, 5.74) is 1.80. The van der Waals surface area contributed by atoms with E-state index in [2.05, 4.69) is 33.0 Å². The van der Waals surface area contributed by atoms with Gasteiger partial charge in [-0.05, 0) is 64.8 Å². The first kappa shape index (κ1) is 16.5. The van der Waals surface area contributed by atoms with Gasteiger partial charge in [-0.2, -0.15) is 0 Å². The smallest absolute Gasteiger partial charge is 0.282 e. The van der Waals surface area contributed by atoms with E-state index in [1.807, 2.05) is 34.7 Å². The molecule has 1 aliphatic rings. The SMILES string of the molecule is CC1(C)CC(Nc2ccc([N+](=O)[O-])c(I)c2)CC(C)(C)C1. The van der Waals surface area contributed by atoms with Crippen LogP contribution >= 0.6 is 22.6 Å². The van der Waals surface area contributed by atoms with E-state index in [0.717, 1.165) is 18.5 Å². The highest BCUT2D eigenvalue weighted by molar-refractivity contribution is 14.1. The Bertz CT molecular complexity index is 539. The minimum atomic E-state index is -0.335. The molecule has 116 valence electrons. The van der Waals surface area contributed by atoms with Gasteiger partial charge in [-0.15, -0.1) is 0 Å². The van der Waals surface area contributed by atoms with E-state index in [0.29, 0.717) is 20.4 Å². The van der Waals surface area contributed by atoms with Crippen LogP contribution < -0.4 is 5.32 Å².